The summed E-state index contributed by atoms with van der Waals surface area (Å²) in [5, 5.41) is 0. The second-order valence-electron chi connectivity index (χ2n) is 5.85. The van der Waals surface area contributed by atoms with E-state index in [1.807, 2.05) is 0 Å². The van der Waals surface area contributed by atoms with Crippen LogP contribution < -0.4 is 0 Å². The van der Waals surface area contributed by atoms with Crippen LogP contribution >= 0.6 is 0 Å². The van der Waals surface area contributed by atoms with Gasteiger partial charge in [0.2, 0.25) is 0 Å². The zero-order chi connectivity index (χ0) is 12.6. The second-order valence-corrected chi connectivity index (χ2v) is 5.85. The molecule has 1 saturated heterocycles. The molecule has 0 aromatic heterocycles. The molecule has 2 aliphatic rings. The number of likely N-dealkylation sites (tertiary alicyclic amines) is 1. The highest BCUT2D eigenvalue weighted by atomic mass is 15.1. The van der Waals surface area contributed by atoms with Crippen LogP contribution in [0.2, 0.25) is 0 Å². The molecule has 1 heterocycles. The normalized spacial score (nSPS) is 22.8. The first-order chi connectivity index (χ1) is 8.92. The Morgan fingerprint density at radius 1 is 1.17 bits per heavy atom. The monoisotopic (exact) mass is 247 g/mol. The molecule has 2 rings (SSSR count). The fourth-order valence-electron chi connectivity index (χ4n) is 3.28. The maximum Gasteiger partial charge on any atom is 0.0175 e. The number of allylic oxidation sites excluding steroid dienone is 4. The average Bonchev–Trinajstić information content (AvgIpc) is 2.43. The van der Waals surface area contributed by atoms with Crippen molar-refractivity contribution in [3.05, 3.63) is 23.9 Å². The summed E-state index contributed by atoms with van der Waals surface area (Å²) < 4.78 is 0. The molecular formula is C17H29N. The molecule has 1 atom stereocenters. The topological polar surface area (TPSA) is 3.24 Å². The minimum Gasteiger partial charge on any atom is -0.375 e. The number of piperidine rings is 1. The van der Waals surface area contributed by atoms with E-state index in [0.29, 0.717) is 0 Å². The van der Waals surface area contributed by atoms with Gasteiger partial charge in [-0.3, -0.25) is 0 Å². The number of rotatable bonds is 7. The van der Waals surface area contributed by atoms with Gasteiger partial charge in [-0.1, -0.05) is 51.2 Å². The van der Waals surface area contributed by atoms with Crippen molar-refractivity contribution < 1.29 is 0 Å². The van der Waals surface area contributed by atoms with Gasteiger partial charge in [-0.15, -0.1) is 0 Å². The predicted octanol–water partition coefficient (Wildman–Crippen LogP) is 4.90. The Morgan fingerprint density at radius 2 is 2.00 bits per heavy atom. The summed E-state index contributed by atoms with van der Waals surface area (Å²) in [5.41, 5.74) is 1.64. The van der Waals surface area contributed by atoms with E-state index >= 15 is 0 Å². The fourth-order valence-corrected chi connectivity index (χ4v) is 3.28. The van der Waals surface area contributed by atoms with Crippen molar-refractivity contribution >= 4 is 0 Å². The Hall–Kier alpha value is -0.720. The second kappa shape index (κ2) is 7.66. The third kappa shape index (κ3) is 3.90. The van der Waals surface area contributed by atoms with Crippen molar-refractivity contribution in [1.82, 2.24) is 4.90 Å². The van der Waals surface area contributed by atoms with Crippen molar-refractivity contribution in [1.29, 1.82) is 0 Å². The lowest BCUT2D eigenvalue weighted by Gasteiger charge is -2.38. The highest BCUT2D eigenvalue weighted by Gasteiger charge is 2.24. The van der Waals surface area contributed by atoms with Gasteiger partial charge >= 0.3 is 0 Å². The standard InChI is InChI=1S/C17H29N/c1-2-3-4-5-6-9-14-18-15-10-12-16-11-7-8-13-17(16)18/h7-8,13,16H,2-6,9-12,14-15H2,1H3. The molecule has 0 saturated carbocycles. The Bertz CT molecular complexity index is 290. The molecule has 0 aromatic rings. The highest BCUT2D eigenvalue weighted by Crippen LogP contribution is 2.32. The van der Waals surface area contributed by atoms with Gasteiger partial charge in [-0.05, 0) is 31.8 Å². The van der Waals surface area contributed by atoms with Crippen LogP contribution in [0, 0.1) is 5.92 Å². The number of hydrogen-bond acceptors (Lipinski definition) is 1. The minimum absolute atomic E-state index is 0.837. The SMILES string of the molecule is CCCCCCCCN1CCCC2CC=CC=C21. The molecule has 1 aliphatic carbocycles. The largest absolute Gasteiger partial charge is 0.375 e. The third-order valence-electron chi connectivity index (χ3n) is 4.37. The smallest absolute Gasteiger partial charge is 0.0175 e. The van der Waals surface area contributed by atoms with Crippen molar-refractivity contribution in [2.24, 2.45) is 5.92 Å². The van der Waals surface area contributed by atoms with E-state index in [2.05, 4.69) is 30.1 Å². The van der Waals surface area contributed by atoms with Crippen LogP contribution in [0.25, 0.3) is 0 Å². The molecule has 1 aliphatic heterocycles. The molecule has 18 heavy (non-hydrogen) atoms. The lowest BCUT2D eigenvalue weighted by Crippen LogP contribution is -2.34. The molecule has 1 heteroatoms. The van der Waals surface area contributed by atoms with Crippen LogP contribution in [0.15, 0.2) is 23.9 Å². The van der Waals surface area contributed by atoms with Gasteiger partial charge in [-0.2, -0.15) is 0 Å². The number of nitrogens with zero attached hydrogens (tertiary/aromatic N) is 1. The van der Waals surface area contributed by atoms with Gasteiger partial charge < -0.3 is 4.90 Å². The fraction of sp³-hybridized carbons (Fsp3) is 0.765. The number of unbranched alkanes of at least 4 members (excludes halogenated alkanes) is 5. The van der Waals surface area contributed by atoms with Gasteiger partial charge in [0.25, 0.3) is 0 Å². The quantitative estimate of drug-likeness (QED) is 0.578. The molecule has 0 amide bonds. The van der Waals surface area contributed by atoms with Crippen LogP contribution in [0.3, 0.4) is 0 Å². The van der Waals surface area contributed by atoms with Crippen molar-refractivity contribution in [3.63, 3.8) is 0 Å². The Balaban J connectivity index is 1.68. The van der Waals surface area contributed by atoms with E-state index in [0.717, 1.165) is 5.92 Å². The van der Waals surface area contributed by atoms with Crippen LogP contribution in [0.1, 0.15) is 64.7 Å². The lowest BCUT2D eigenvalue weighted by molar-refractivity contribution is 0.235. The van der Waals surface area contributed by atoms with E-state index in [1.54, 1.807) is 5.70 Å². The summed E-state index contributed by atoms with van der Waals surface area (Å²) in [4.78, 5) is 2.66. The predicted molar refractivity (Wildman–Crippen MR) is 79.5 cm³/mol. The maximum absolute atomic E-state index is 2.66. The first-order valence-corrected chi connectivity index (χ1v) is 8.03. The highest BCUT2D eigenvalue weighted by molar-refractivity contribution is 5.21. The molecule has 0 spiro atoms. The van der Waals surface area contributed by atoms with Crippen LogP contribution in [0.4, 0.5) is 0 Å². The van der Waals surface area contributed by atoms with Crippen LogP contribution in [-0.4, -0.2) is 18.0 Å². The van der Waals surface area contributed by atoms with Crippen LogP contribution in [0.5, 0.6) is 0 Å². The molecular weight excluding hydrogens is 218 g/mol. The Labute approximate surface area is 113 Å². The molecule has 0 aromatic carbocycles. The van der Waals surface area contributed by atoms with Gasteiger partial charge in [0.15, 0.2) is 0 Å². The van der Waals surface area contributed by atoms with E-state index in [1.165, 1.54) is 70.9 Å². The summed E-state index contributed by atoms with van der Waals surface area (Å²) in [6, 6.07) is 0. The zero-order valence-electron chi connectivity index (χ0n) is 12.0. The average molecular weight is 247 g/mol. The van der Waals surface area contributed by atoms with E-state index in [-0.39, 0.29) is 0 Å². The summed E-state index contributed by atoms with van der Waals surface area (Å²) in [7, 11) is 0. The summed E-state index contributed by atoms with van der Waals surface area (Å²) in [5.74, 6) is 0.837. The van der Waals surface area contributed by atoms with Crippen molar-refractivity contribution in [2.75, 3.05) is 13.1 Å². The molecule has 1 fully saturated rings. The zero-order valence-corrected chi connectivity index (χ0v) is 12.0. The van der Waals surface area contributed by atoms with E-state index in [9.17, 15) is 0 Å². The van der Waals surface area contributed by atoms with E-state index in [4.69, 9.17) is 0 Å². The lowest BCUT2D eigenvalue weighted by atomic mass is 9.88. The Morgan fingerprint density at radius 3 is 2.89 bits per heavy atom. The van der Waals surface area contributed by atoms with Gasteiger partial charge in [0, 0.05) is 24.7 Å². The van der Waals surface area contributed by atoms with Crippen molar-refractivity contribution in [3.8, 4) is 0 Å². The summed E-state index contributed by atoms with van der Waals surface area (Å²) in [6.45, 7) is 4.88. The maximum atomic E-state index is 2.66. The Kier molecular flexibility index (Phi) is 5.83. The minimum atomic E-state index is 0.837. The molecule has 0 radical (unpaired) electrons. The molecule has 102 valence electrons. The summed E-state index contributed by atoms with van der Waals surface area (Å²) in [6.07, 6.45) is 19.5. The molecule has 0 N–H and O–H groups in total. The third-order valence-corrected chi connectivity index (χ3v) is 4.37. The summed E-state index contributed by atoms with van der Waals surface area (Å²) >= 11 is 0. The van der Waals surface area contributed by atoms with Crippen LogP contribution in [-0.2, 0) is 0 Å². The number of fused-ring (bicyclic) bond motifs is 1. The van der Waals surface area contributed by atoms with Gasteiger partial charge in [-0.25, -0.2) is 0 Å². The first kappa shape index (κ1) is 13.7. The van der Waals surface area contributed by atoms with Crippen molar-refractivity contribution in [2.45, 2.75) is 64.7 Å². The first-order valence-electron chi connectivity index (χ1n) is 8.03. The molecule has 1 unspecified atom stereocenters. The number of hydrogen-bond donors (Lipinski definition) is 0. The van der Waals surface area contributed by atoms with Gasteiger partial charge in [0.05, 0.1) is 0 Å². The molecule has 0 bridgehead atoms. The molecule has 1 nitrogen and oxygen atoms in total. The van der Waals surface area contributed by atoms with Gasteiger partial charge in [0.1, 0.15) is 0 Å². The van der Waals surface area contributed by atoms with E-state index < -0.39 is 0 Å².